The lowest BCUT2D eigenvalue weighted by atomic mass is 10.0. The first-order valence-electron chi connectivity index (χ1n) is 12.0. The number of halogens is 4. The predicted octanol–water partition coefficient (Wildman–Crippen LogP) is 8.61. The molecule has 0 aliphatic heterocycles. The maximum Gasteiger partial charge on any atom is 0.343 e. The zero-order valence-corrected chi connectivity index (χ0v) is 27.3. The molecule has 5 rings (SSSR count). The summed E-state index contributed by atoms with van der Waals surface area (Å²) in [6.45, 7) is 0. The van der Waals surface area contributed by atoms with Gasteiger partial charge in [0.05, 0.1) is 23.4 Å². The fourth-order valence-electron chi connectivity index (χ4n) is 4.16. The molecule has 41 heavy (non-hydrogen) atoms. The number of hydrazone groups is 1. The van der Waals surface area contributed by atoms with Crippen LogP contribution in [-0.4, -0.2) is 30.2 Å². The van der Waals surface area contributed by atoms with E-state index in [9.17, 15) is 9.59 Å². The van der Waals surface area contributed by atoms with E-state index in [1.165, 1.54) is 6.21 Å². The molecule has 2 N–H and O–H groups in total. The van der Waals surface area contributed by atoms with Gasteiger partial charge < -0.3 is 14.5 Å². The second-order valence-electron chi connectivity index (χ2n) is 8.67. The Balaban J connectivity index is 1.44. The second kappa shape index (κ2) is 12.8. The normalized spacial score (nSPS) is 11.1. The van der Waals surface area contributed by atoms with E-state index in [1.807, 2.05) is 36.4 Å². The molecule has 0 saturated heterocycles. The van der Waals surface area contributed by atoms with Gasteiger partial charge in [0.25, 0.3) is 5.91 Å². The lowest BCUT2D eigenvalue weighted by Crippen LogP contribution is -2.19. The van der Waals surface area contributed by atoms with Crippen molar-refractivity contribution < 1.29 is 19.1 Å². The minimum Gasteiger partial charge on any atom is -0.497 e. The van der Waals surface area contributed by atoms with Crippen molar-refractivity contribution in [3.05, 3.63) is 113 Å². The van der Waals surface area contributed by atoms with Gasteiger partial charge in [-0.2, -0.15) is 5.10 Å². The Kier molecular flexibility index (Phi) is 9.12. The monoisotopic (exact) mass is 805 g/mol. The second-order valence-corrected chi connectivity index (χ2v) is 12.1. The van der Waals surface area contributed by atoms with Gasteiger partial charge in [0, 0.05) is 40.7 Å². The Morgan fingerprint density at radius 2 is 1.78 bits per heavy atom. The number of ether oxygens (including phenoxy) is 2. The fourth-order valence-corrected chi connectivity index (χ4v) is 6.22. The standard InChI is InChI=1S/C30H19Br2ClIN3O4/c1-40-20-9-6-16(7-10-20)30(39)41-28-17(12-18(31)13-23(28)32)15-35-37-29(38)27-26(21-4-2-3-5-24(21)33)22-14-19(34)8-11-25(22)36-27/h2-15,36H,1H3,(H,37,38). The Labute approximate surface area is 270 Å². The first-order chi connectivity index (χ1) is 19.7. The lowest BCUT2D eigenvalue weighted by Gasteiger charge is -2.11. The van der Waals surface area contributed by atoms with Crippen LogP contribution in [0.2, 0.25) is 5.02 Å². The molecule has 0 fully saturated rings. The number of rotatable bonds is 7. The first-order valence-corrected chi connectivity index (χ1v) is 15.0. The van der Waals surface area contributed by atoms with Crippen LogP contribution in [0, 0.1) is 3.57 Å². The number of fused-ring (bicyclic) bond motifs is 1. The van der Waals surface area contributed by atoms with E-state index >= 15 is 0 Å². The van der Waals surface area contributed by atoms with Gasteiger partial charge in [-0.1, -0.05) is 45.7 Å². The van der Waals surface area contributed by atoms with Crippen LogP contribution in [0.25, 0.3) is 22.0 Å². The van der Waals surface area contributed by atoms with E-state index in [4.69, 9.17) is 21.1 Å². The number of nitrogens with one attached hydrogen (secondary N) is 2. The van der Waals surface area contributed by atoms with Gasteiger partial charge >= 0.3 is 5.97 Å². The van der Waals surface area contributed by atoms with Crippen LogP contribution < -0.4 is 14.9 Å². The molecule has 1 amide bonds. The number of aromatic nitrogens is 1. The van der Waals surface area contributed by atoms with Crippen molar-refractivity contribution in [2.75, 3.05) is 7.11 Å². The van der Waals surface area contributed by atoms with Gasteiger partial charge in [-0.25, -0.2) is 10.2 Å². The summed E-state index contributed by atoms with van der Waals surface area (Å²) in [6, 6.07) is 23.3. The summed E-state index contributed by atoms with van der Waals surface area (Å²) in [5.41, 5.74) is 5.88. The summed E-state index contributed by atoms with van der Waals surface area (Å²) >= 11 is 15.7. The van der Waals surface area contributed by atoms with E-state index in [0.717, 1.165) is 20.0 Å². The van der Waals surface area contributed by atoms with E-state index < -0.39 is 11.9 Å². The average molecular weight is 808 g/mol. The fraction of sp³-hybridized carbons (Fsp3) is 0.0333. The van der Waals surface area contributed by atoms with Gasteiger partial charge in [0.1, 0.15) is 11.4 Å². The van der Waals surface area contributed by atoms with E-state index in [1.54, 1.807) is 49.6 Å². The summed E-state index contributed by atoms with van der Waals surface area (Å²) in [5, 5.41) is 5.56. The molecule has 5 aromatic rings. The molecule has 4 aromatic carbocycles. The highest BCUT2D eigenvalue weighted by atomic mass is 127. The molecule has 0 spiro atoms. The number of carbonyl (C=O) groups is 2. The van der Waals surface area contributed by atoms with E-state index in [-0.39, 0.29) is 5.75 Å². The SMILES string of the molecule is COc1ccc(C(=O)Oc2c(Br)cc(Br)cc2C=NNC(=O)c2[nH]c3ccc(I)cc3c2-c2ccccc2Cl)cc1. The molecule has 0 aliphatic rings. The number of H-pyrrole nitrogens is 1. The van der Waals surface area contributed by atoms with Crippen LogP contribution in [0.5, 0.6) is 11.5 Å². The van der Waals surface area contributed by atoms with Crippen molar-refractivity contribution >= 4 is 95.0 Å². The minimum atomic E-state index is -0.563. The number of carbonyl (C=O) groups excluding carboxylic acids is 2. The van der Waals surface area contributed by atoms with Crippen LogP contribution in [0.3, 0.4) is 0 Å². The van der Waals surface area contributed by atoms with E-state index in [2.05, 4.69) is 70.0 Å². The number of methoxy groups -OCH3 is 1. The number of aromatic amines is 1. The van der Waals surface area contributed by atoms with Crippen LogP contribution in [0.4, 0.5) is 0 Å². The van der Waals surface area contributed by atoms with Gasteiger partial charge in [-0.3, -0.25) is 4.79 Å². The summed E-state index contributed by atoms with van der Waals surface area (Å²) < 4.78 is 13.1. The average Bonchev–Trinajstić information content (AvgIpc) is 3.33. The van der Waals surface area contributed by atoms with Crippen LogP contribution in [0.15, 0.2) is 92.9 Å². The molecule has 0 unspecified atom stereocenters. The maximum absolute atomic E-state index is 13.4. The number of amides is 1. The third-order valence-electron chi connectivity index (χ3n) is 6.06. The highest BCUT2D eigenvalue weighted by Gasteiger charge is 2.21. The number of hydrogen-bond donors (Lipinski definition) is 2. The molecule has 0 bridgehead atoms. The Bertz CT molecular complexity index is 1820. The summed E-state index contributed by atoms with van der Waals surface area (Å²) in [7, 11) is 1.55. The quantitative estimate of drug-likeness (QED) is 0.0567. The van der Waals surface area contributed by atoms with Gasteiger partial charge in [0.15, 0.2) is 5.75 Å². The molecule has 1 heterocycles. The Morgan fingerprint density at radius 3 is 2.51 bits per heavy atom. The Hall–Kier alpha value is -3.19. The predicted molar refractivity (Wildman–Crippen MR) is 176 cm³/mol. The van der Waals surface area contributed by atoms with Crippen molar-refractivity contribution in [3.8, 4) is 22.6 Å². The third kappa shape index (κ3) is 6.50. The van der Waals surface area contributed by atoms with Crippen LogP contribution >= 0.6 is 66.1 Å². The van der Waals surface area contributed by atoms with Crippen molar-refractivity contribution in [2.24, 2.45) is 5.10 Å². The molecule has 0 atom stereocenters. The van der Waals surface area contributed by atoms with Crippen molar-refractivity contribution in [2.45, 2.75) is 0 Å². The van der Waals surface area contributed by atoms with Gasteiger partial charge in [-0.15, -0.1) is 0 Å². The summed E-state index contributed by atoms with van der Waals surface area (Å²) in [4.78, 5) is 29.5. The highest BCUT2D eigenvalue weighted by Crippen LogP contribution is 2.37. The molecule has 0 radical (unpaired) electrons. The zero-order valence-electron chi connectivity index (χ0n) is 21.2. The summed E-state index contributed by atoms with van der Waals surface area (Å²) in [6.07, 6.45) is 1.41. The number of hydrogen-bond acceptors (Lipinski definition) is 5. The molecule has 0 aliphatic carbocycles. The summed E-state index contributed by atoms with van der Waals surface area (Å²) in [5.74, 6) is -0.166. The molecule has 1 aromatic heterocycles. The third-order valence-corrected chi connectivity index (χ3v) is 8.11. The van der Waals surface area contributed by atoms with Crippen LogP contribution in [0.1, 0.15) is 26.4 Å². The maximum atomic E-state index is 13.4. The highest BCUT2D eigenvalue weighted by molar-refractivity contribution is 14.1. The zero-order chi connectivity index (χ0) is 29.1. The molecule has 206 valence electrons. The van der Waals surface area contributed by atoms with Crippen molar-refractivity contribution in [3.63, 3.8) is 0 Å². The lowest BCUT2D eigenvalue weighted by molar-refractivity contribution is 0.0732. The van der Waals surface area contributed by atoms with Crippen LogP contribution in [-0.2, 0) is 0 Å². The topological polar surface area (TPSA) is 92.8 Å². The largest absolute Gasteiger partial charge is 0.497 e. The number of esters is 1. The molecule has 11 heteroatoms. The van der Waals surface area contributed by atoms with Gasteiger partial charge in [0.2, 0.25) is 0 Å². The van der Waals surface area contributed by atoms with E-state index in [0.29, 0.717) is 42.1 Å². The molecule has 7 nitrogen and oxygen atoms in total. The smallest absolute Gasteiger partial charge is 0.343 e. The molecule has 0 saturated carbocycles. The molecular weight excluding hydrogens is 789 g/mol. The minimum absolute atomic E-state index is 0.240. The van der Waals surface area contributed by atoms with Crippen molar-refractivity contribution in [1.82, 2.24) is 10.4 Å². The number of benzene rings is 4. The first kappa shape index (κ1) is 29.3. The van der Waals surface area contributed by atoms with Crippen molar-refractivity contribution in [1.29, 1.82) is 0 Å². The Morgan fingerprint density at radius 1 is 1.02 bits per heavy atom. The molecular formula is C30H19Br2ClIN3O4. The number of nitrogens with zero attached hydrogens (tertiary/aromatic N) is 1. The van der Waals surface area contributed by atoms with Gasteiger partial charge in [-0.05, 0) is 99.2 Å².